The number of ether oxygens (including phenoxy) is 1. The summed E-state index contributed by atoms with van der Waals surface area (Å²) in [5.74, 6) is -0.991. The molecule has 0 fully saturated rings. The van der Waals surface area contributed by atoms with E-state index in [0.29, 0.717) is 5.56 Å². The molecule has 7 heteroatoms. The lowest BCUT2D eigenvalue weighted by atomic mass is 10.0. The number of nitrogens with two attached hydrogens (primary N) is 1. The van der Waals surface area contributed by atoms with Crippen molar-refractivity contribution in [2.24, 2.45) is 5.73 Å². The van der Waals surface area contributed by atoms with Gasteiger partial charge in [0.15, 0.2) is 6.04 Å². The Hall–Kier alpha value is -3.06. The molecule has 0 saturated carbocycles. The quantitative estimate of drug-likeness (QED) is 0.580. The van der Waals surface area contributed by atoms with Crippen LogP contribution in [0.3, 0.4) is 0 Å². The molecule has 132 valence electrons. The van der Waals surface area contributed by atoms with Crippen molar-refractivity contribution in [2.75, 3.05) is 7.11 Å². The number of benzene rings is 2. The molecule has 0 spiro atoms. The van der Waals surface area contributed by atoms with Crippen molar-refractivity contribution in [2.45, 2.75) is 18.5 Å². The summed E-state index contributed by atoms with van der Waals surface area (Å²) in [5.41, 5.74) is 7.16. The van der Waals surface area contributed by atoms with Gasteiger partial charge in [0, 0.05) is 0 Å². The number of aromatic hydroxyl groups is 2. The molecule has 0 bridgehead atoms. The molecule has 0 aromatic heterocycles. The Labute approximate surface area is 145 Å². The van der Waals surface area contributed by atoms with E-state index < -0.39 is 24.0 Å². The Morgan fingerprint density at radius 3 is 2.08 bits per heavy atom. The second-order valence-electron chi connectivity index (χ2n) is 5.53. The topological polar surface area (TPSA) is 122 Å². The van der Waals surface area contributed by atoms with Crippen molar-refractivity contribution in [3.05, 3.63) is 59.7 Å². The summed E-state index contributed by atoms with van der Waals surface area (Å²) in [4.78, 5) is 24.3. The van der Waals surface area contributed by atoms with Crippen LogP contribution >= 0.6 is 0 Å². The smallest absolute Gasteiger partial charge is 0.333 e. The van der Waals surface area contributed by atoms with Crippen LogP contribution in [0.25, 0.3) is 0 Å². The van der Waals surface area contributed by atoms with Crippen molar-refractivity contribution in [3.8, 4) is 11.5 Å². The van der Waals surface area contributed by atoms with Crippen molar-refractivity contribution >= 4 is 11.9 Å². The number of nitrogens with one attached hydrogen (secondary N) is 1. The zero-order valence-electron chi connectivity index (χ0n) is 13.7. The van der Waals surface area contributed by atoms with E-state index in [0.717, 1.165) is 5.56 Å². The number of phenols is 2. The molecule has 2 rings (SSSR count). The highest BCUT2D eigenvalue weighted by Crippen LogP contribution is 2.18. The van der Waals surface area contributed by atoms with Crippen LogP contribution in [0.5, 0.6) is 11.5 Å². The maximum Gasteiger partial charge on any atom is 0.333 e. The van der Waals surface area contributed by atoms with Crippen molar-refractivity contribution in [1.29, 1.82) is 0 Å². The second kappa shape index (κ2) is 8.16. The van der Waals surface area contributed by atoms with E-state index in [1.165, 1.54) is 43.5 Å². The molecule has 0 saturated heterocycles. The summed E-state index contributed by atoms with van der Waals surface area (Å²) in [6.07, 6.45) is 0.246. The number of methoxy groups -OCH3 is 1. The molecular formula is C18H20N2O5. The first-order valence-corrected chi connectivity index (χ1v) is 7.61. The molecule has 0 aliphatic heterocycles. The predicted molar refractivity (Wildman–Crippen MR) is 90.8 cm³/mol. The van der Waals surface area contributed by atoms with Gasteiger partial charge in [0.05, 0.1) is 13.2 Å². The Morgan fingerprint density at radius 1 is 1.04 bits per heavy atom. The minimum Gasteiger partial charge on any atom is -0.508 e. The number of phenolic OH excluding ortho intramolecular Hbond substituents is 2. The fraction of sp³-hybridized carbons (Fsp3) is 0.222. The van der Waals surface area contributed by atoms with Crippen LogP contribution in [0.15, 0.2) is 48.5 Å². The van der Waals surface area contributed by atoms with E-state index in [4.69, 9.17) is 10.5 Å². The normalized spacial score (nSPS) is 12.9. The maximum atomic E-state index is 12.3. The van der Waals surface area contributed by atoms with Gasteiger partial charge in [0.1, 0.15) is 11.5 Å². The van der Waals surface area contributed by atoms with Crippen LogP contribution in [0.4, 0.5) is 0 Å². The standard InChI is InChI=1S/C18H20N2O5/c1-25-18(24)16(12-4-8-14(22)9-5-12)20-17(23)15(19)10-11-2-6-13(21)7-3-11/h2-9,15-16,21-22H,10,19H2,1H3,(H,20,23)/t15-,16?/m0/s1. The summed E-state index contributed by atoms with van der Waals surface area (Å²) in [6.45, 7) is 0. The fourth-order valence-corrected chi connectivity index (χ4v) is 2.29. The second-order valence-corrected chi connectivity index (χ2v) is 5.53. The summed E-state index contributed by atoms with van der Waals surface area (Å²) in [7, 11) is 1.22. The lowest BCUT2D eigenvalue weighted by molar-refractivity contribution is -0.145. The van der Waals surface area contributed by atoms with Gasteiger partial charge in [0.25, 0.3) is 0 Å². The Kier molecular flexibility index (Phi) is 5.97. The molecule has 0 heterocycles. The maximum absolute atomic E-state index is 12.3. The van der Waals surface area contributed by atoms with Gasteiger partial charge < -0.3 is 26.0 Å². The van der Waals surface area contributed by atoms with Gasteiger partial charge in [-0.2, -0.15) is 0 Å². The number of esters is 1. The summed E-state index contributed by atoms with van der Waals surface area (Å²) in [6, 6.07) is 10.3. The monoisotopic (exact) mass is 344 g/mol. The van der Waals surface area contributed by atoms with E-state index in [-0.39, 0.29) is 17.9 Å². The lowest BCUT2D eigenvalue weighted by Gasteiger charge is -2.19. The molecule has 2 aromatic rings. The molecule has 1 amide bonds. The van der Waals surface area contributed by atoms with Gasteiger partial charge in [-0.15, -0.1) is 0 Å². The SMILES string of the molecule is COC(=O)C(NC(=O)[C@@H](N)Cc1ccc(O)cc1)c1ccc(O)cc1. The number of carbonyl (C=O) groups excluding carboxylic acids is 2. The lowest BCUT2D eigenvalue weighted by Crippen LogP contribution is -2.45. The third kappa shape index (κ3) is 4.95. The third-order valence-corrected chi connectivity index (χ3v) is 3.68. The predicted octanol–water partition coefficient (Wildman–Crippen LogP) is 0.998. The fourth-order valence-electron chi connectivity index (χ4n) is 2.29. The van der Waals surface area contributed by atoms with Crippen molar-refractivity contribution < 1.29 is 24.5 Å². The van der Waals surface area contributed by atoms with Crippen LogP contribution in [-0.4, -0.2) is 35.2 Å². The first kappa shape index (κ1) is 18.3. The molecule has 1 unspecified atom stereocenters. The van der Waals surface area contributed by atoms with Crippen LogP contribution < -0.4 is 11.1 Å². The van der Waals surface area contributed by atoms with E-state index >= 15 is 0 Å². The summed E-state index contributed by atoms with van der Waals surface area (Å²) < 4.78 is 4.72. The molecule has 7 nitrogen and oxygen atoms in total. The van der Waals surface area contributed by atoms with E-state index in [1.807, 2.05) is 0 Å². The zero-order valence-corrected chi connectivity index (χ0v) is 13.7. The molecule has 5 N–H and O–H groups in total. The van der Waals surface area contributed by atoms with Gasteiger partial charge in [-0.25, -0.2) is 4.79 Å². The Balaban J connectivity index is 2.09. The van der Waals surface area contributed by atoms with Crippen molar-refractivity contribution in [3.63, 3.8) is 0 Å². The van der Waals surface area contributed by atoms with Gasteiger partial charge in [0.2, 0.25) is 5.91 Å². The van der Waals surface area contributed by atoms with Crippen molar-refractivity contribution in [1.82, 2.24) is 5.32 Å². The largest absolute Gasteiger partial charge is 0.508 e. The first-order chi connectivity index (χ1) is 11.9. The summed E-state index contributed by atoms with van der Waals surface area (Å²) >= 11 is 0. The number of carbonyl (C=O) groups is 2. The number of amides is 1. The zero-order chi connectivity index (χ0) is 18.4. The van der Waals surface area contributed by atoms with Crippen LogP contribution in [-0.2, 0) is 20.7 Å². The number of hydrogen-bond acceptors (Lipinski definition) is 6. The van der Waals surface area contributed by atoms with Gasteiger partial charge >= 0.3 is 5.97 Å². The highest BCUT2D eigenvalue weighted by atomic mass is 16.5. The first-order valence-electron chi connectivity index (χ1n) is 7.61. The number of rotatable bonds is 6. The van der Waals surface area contributed by atoms with Gasteiger partial charge in [-0.3, -0.25) is 4.79 Å². The average molecular weight is 344 g/mol. The average Bonchev–Trinajstić information content (AvgIpc) is 2.61. The Morgan fingerprint density at radius 2 is 1.56 bits per heavy atom. The molecule has 2 aromatic carbocycles. The highest BCUT2D eigenvalue weighted by Gasteiger charge is 2.26. The third-order valence-electron chi connectivity index (χ3n) is 3.68. The molecule has 0 radical (unpaired) electrons. The molecule has 25 heavy (non-hydrogen) atoms. The van der Waals surface area contributed by atoms with E-state index in [2.05, 4.69) is 5.32 Å². The van der Waals surface area contributed by atoms with E-state index in [9.17, 15) is 19.8 Å². The van der Waals surface area contributed by atoms with Crippen LogP contribution in [0, 0.1) is 0 Å². The molecule has 0 aliphatic rings. The van der Waals surface area contributed by atoms with Crippen LogP contribution in [0.1, 0.15) is 17.2 Å². The van der Waals surface area contributed by atoms with Gasteiger partial charge in [-0.1, -0.05) is 24.3 Å². The van der Waals surface area contributed by atoms with E-state index in [1.54, 1.807) is 12.1 Å². The van der Waals surface area contributed by atoms with Crippen LogP contribution in [0.2, 0.25) is 0 Å². The minimum atomic E-state index is -1.02. The molecule has 2 atom stereocenters. The highest BCUT2D eigenvalue weighted by molar-refractivity contribution is 5.88. The molecular weight excluding hydrogens is 324 g/mol. The molecule has 0 aliphatic carbocycles. The van der Waals surface area contributed by atoms with Gasteiger partial charge in [-0.05, 0) is 41.8 Å². The summed E-state index contributed by atoms with van der Waals surface area (Å²) in [5, 5.41) is 21.2. The number of hydrogen-bond donors (Lipinski definition) is 4. The Bertz CT molecular complexity index is 728. The minimum absolute atomic E-state index is 0.0442.